The van der Waals surface area contributed by atoms with Crippen molar-refractivity contribution in [2.45, 2.75) is 6.42 Å². The van der Waals surface area contributed by atoms with E-state index >= 15 is 0 Å². The molecule has 1 aromatic carbocycles. The molecule has 0 atom stereocenters. The molecule has 3 aromatic rings. The molecule has 0 aliphatic rings. The van der Waals surface area contributed by atoms with Crippen LogP contribution in [0.5, 0.6) is 0 Å². The number of hydrogen-bond acceptors (Lipinski definition) is 4. The summed E-state index contributed by atoms with van der Waals surface area (Å²) in [5.41, 5.74) is 2.62. The van der Waals surface area contributed by atoms with Crippen molar-refractivity contribution in [2.75, 3.05) is 5.32 Å². The van der Waals surface area contributed by atoms with Crippen molar-refractivity contribution in [1.29, 1.82) is 0 Å². The highest BCUT2D eigenvalue weighted by molar-refractivity contribution is 5.90. The number of benzene rings is 1. The van der Waals surface area contributed by atoms with Crippen molar-refractivity contribution in [3.8, 4) is 11.3 Å². The van der Waals surface area contributed by atoms with E-state index in [1.54, 1.807) is 24.7 Å². The van der Waals surface area contributed by atoms with Gasteiger partial charge in [0.2, 0.25) is 11.9 Å². The van der Waals surface area contributed by atoms with Crippen LogP contribution in [0.4, 0.5) is 5.95 Å². The fraction of sp³-hybridized carbons (Fsp3) is 0.0588. The fourth-order valence-corrected chi connectivity index (χ4v) is 2.05. The third kappa shape index (κ3) is 3.52. The SMILES string of the molecule is O=C(Cc1ccccc1)Nc1nccc(-c2ccncc2)n1. The van der Waals surface area contributed by atoms with Gasteiger partial charge in [-0.25, -0.2) is 9.97 Å². The molecule has 0 aliphatic carbocycles. The van der Waals surface area contributed by atoms with Gasteiger partial charge < -0.3 is 0 Å². The summed E-state index contributed by atoms with van der Waals surface area (Å²) in [5, 5.41) is 2.72. The highest BCUT2D eigenvalue weighted by atomic mass is 16.1. The Morgan fingerprint density at radius 2 is 1.73 bits per heavy atom. The van der Waals surface area contributed by atoms with Crippen LogP contribution < -0.4 is 5.32 Å². The second-order valence-corrected chi connectivity index (χ2v) is 4.71. The minimum absolute atomic E-state index is 0.141. The van der Waals surface area contributed by atoms with E-state index < -0.39 is 0 Å². The topological polar surface area (TPSA) is 67.8 Å². The molecular formula is C17H14N4O. The molecule has 0 aliphatic heterocycles. The smallest absolute Gasteiger partial charge is 0.231 e. The Balaban J connectivity index is 1.72. The first-order chi connectivity index (χ1) is 10.8. The molecular weight excluding hydrogens is 276 g/mol. The average Bonchev–Trinajstić information content (AvgIpc) is 2.57. The summed E-state index contributed by atoms with van der Waals surface area (Å²) in [6, 6.07) is 15.1. The lowest BCUT2D eigenvalue weighted by Crippen LogP contribution is -2.16. The van der Waals surface area contributed by atoms with Gasteiger partial charge in [0.15, 0.2) is 0 Å². The number of aromatic nitrogens is 3. The number of anilines is 1. The number of nitrogens with zero attached hydrogens (tertiary/aromatic N) is 3. The van der Waals surface area contributed by atoms with Crippen molar-refractivity contribution in [3.05, 3.63) is 72.7 Å². The lowest BCUT2D eigenvalue weighted by Gasteiger charge is -2.06. The van der Waals surface area contributed by atoms with Crippen molar-refractivity contribution >= 4 is 11.9 Å². The van der Waals surface area contributed by atoms with Gasteiger partial charge in [0.1, 0.15) is 0 Å². The largest absolute Gasteiger partial charge is 0.294 e. The molecule has 5 nitrogen and oxygen atoms in total. The molecule has 0 saturated heterocycles. The second kappa shape index (κ2) is 6.58. The first-order valence-corrected chi connectivity index (χ1v) is 6.88. The van der Waals surface area contributed by atoms with Gasteiger partial charge in [-0.1, -0.05) is 30.3 Å². The quantitative estimate of drug-likeness (QED) is 0.802. The third-order valence-corrected chi connectivity index (χ3v) is 3.09. The van der Waals surface area contributed by atoms with E-state index in [0.717, 1.165) is 16.8 Å². The molecule has 0 unspecified atom stereocenters. The van der Waals surface area contributed by atoms with E-state index in [2.05, 4.69) is 20.3 Å². The van der Waals surface area contributed by atoms with Gasteiger partial charge in [0.25, 0.3) is 0 Å². The number of carbonyl (C=O) groups is 1. The zero-order valence-corrected chi connectivity index (χ0v) is 11.8. The monoisotopic (exact) mass is 290 g/mol. The van der Waals surface area contributed by atoms with Crippen LogP contribution in [0.15, 0.2) is 67.1 Å². The molecule has 0 spiro atoms. The molecule has 0 bridgehead atoms. The molecule has 0 saturated carbocycles. The van der Waals surface area contributed by atoms with Crippen LogP contribution in [0.1, 0.15) is 5.56 Å². The first kappa shape index (κ1) is 13.9. The van der Waals surface area contributed by atoms with E-state index in [0.29, 0.717) is 12.4 Å². The summed E-state index contributed by atoms with van der Waals surface area (Å²) in [6.07, 6.45) is 5.32. The van der Waals surface area contributed by atoms with E-state index in [1.807, 2.05) is 42.5 Å². The summed E-state index contributed by atoms with van der Waals surface area (Å²) in [6.45, 7) is 0. The predicted molar refractivity (Wildman–Crippen MR) is 84.0 cm³/mol. The normalized spacial score (nSPS) is 10.2. The summed E-state index contributed by atoms with van der Waals surface area (Å²) in [5.74, 6) is 0.160. The number of carbonyl (C=O) groups excluding carboxylic acids is 1. The van der Waals surface area contributed by atoms with E-state index in [-0.39, 0.29) is 5.91 Å². The maximum absolute atomic E-state index is 12.0. The second-order valence-electron chi connectivity index (χ2n) is 4.71. The van der Waals surface area contributed by atoms with Crippen LogP contribution in [0.25, 0.3) is 11.3 Å². The first-order valence-electron chi connectivity index (χ1n) is 6.88. The van der Waals surface area contributed by atoms with Crippen LogP contribution in [-0.4, -0.2) is 20.9 Å². The highest BCUT2D eigenvalue weighted by Crippen LogP contribution is 2.16. The molecule has 2 heterocycles. The van der Waals surface area contributed by atoms with Crippen molar-refractivity contribution < 1.29 is 4.79 Å². The molecule has 0 fully saturated rings. The van der Waals surface area contributed by atoms with E-state index in [4.69, 9.17) is 0 Å². The maximum atomic E-state index is 12.0. The molecule has 1 N–H and O–H groups in total. The van der Waals surface area contributed by atoms with Crippen LogP contribution >= 0.6 is 0 Å². The van der Waals surface area contributed by atoms with Gasteiger partial charge in [-0.05, 0) is 23.8 Å². The van der Waals surface area contributed by atoms with Crippen LogP contribution in [0.2, 0.25) is 0 Å². The number of hydrogen-bond donors (Lipinski definition) is 1. The molecule has 108 valence electrons. The van der Waals surface area contributed by atoms with Gasteiger partial charge in [-0.3, -0.25) is 15.1 Å². The lowest BCUT2D eigenvalue weighted by molar-refractivity contribution is -0.115. The molecule has 5 heteroatoms. The van der Waals surface area contributed by atoms with Gasteiger partial charge in [-0.2, -0.15) is 0 Å². The summed E-state index contributed by atoms with van der Waals surface area (Å²) in [4.78, 5) is 24.4. The predicted octanol–water partition coefficient (Wildman–Crippen LogP) is 2.72. The fourth-order valence-electron chi connectivity index (χ4n) is 2.05. The zero-order valence-electron chi connectivity index (χ0n) is 11.8. The van der Waals surface area contributed by atoms with Crippen molar-refractivity contribution in [3.63, 3.8) is 0 Å². The van der Waals surface area contributed by atoms with Gasteiger partial charge in [0, 0.05) is 24.2 Å². The molecule has 1 amide bonds. The number of amides is 1. The lowest BCUT2D eigenvalue weighted by atomic mass is 10.1. The average molecular weight is 290 g/mol. The standard InChI is InChI=1S/C17H14N4O/c22-16(12-13-4-2-1-3-5-13)21-17-19-11-8-15(20-17)14-6-9-18-10-7-14/h1-11H,12H2,(H,19,20,21,22). The Morgan fingerprint density at radius 1 is 0.955 bits per heavy atom. The number of rotatable bonds is 4. The van der Waals surface area contributed by atoms with Crippen molar-refractivity contribution in [1.82, 2.24) is 15.0 Å². The van der Waals surface area contributed by atoms with Gasteiger partial charge >= 0.3 is 0 Å². The maximum Gasteiger partial charge on any atom is 0.231 e. The molecule has 2 aromatic heterocycles. The third-order valence-electron chi connectivity index (χ3n) is 3.09. The number of pyridine rings is 1. The van der Waals surface area contributed by atoms with E-state index in [9.17, 15) is 4.79 Å². The van der Waals surface area contributed by atoms with Crippen LogP contribution in [0, 0.1) is 0 Å². The van der Waals surface area contributed by atoms with Gasteiger partial charge in [-0.15, -0.1) is 0 Å². The summed E-state index contributed by atoms with van der Waals surface area (Å²) >= 11 is 0. The Kier molecular flexibility index (Phi) is 4.15. The van der Waals surface area contributed by atoms with Crippen LogP contribution in [-0.2, 0) is 11.2 Å². The summed E-state index contributed by atoms with van der Waals surface area (Å²) in [7, 11) is 0. The highest BCUT2D eigenvalue weighted by Gasteiger charge is 2.07. The number of nitrogens with one attached hydrogen (secondary N) is 1. The van der Waals surface area contributed by atoms with Gasteiger partial charge in [0.05, 0.1) is 12.1 Å². The van der Waals surface area contributed by atoms with Crippen LogP contribution in [0.3, 0.4) is 0 Å². The Bertz CT molecular complexity index is 760. The Labute approximate surface area is 128 Å². The minimum atomic E-state index is -0.141. The van der Waals surface area contributed by atoms with Crippen molar-refractivity contribution in [2.24, 2.45) is 0 Å². The Morgan fingerprint density at radius 3 is 2.50 bits per heavy atom. The Hall–Kier alpha value is -3.08. The minimum Gasteiger partial charge on any atom is -0.294 e. The zero-order chi connectivity index (χ0) is 15.2. The summed E-state index contributed by atoms with van der Waals surface area (Å²) < 4.78 is 0. The van der Waals surface area contributed by atoms with E-state index in [1.165, 1.54) is 0 Å². The molecule has 22 heavy (non-hydrogen) atoms. The molecule has 0 radical (unpaired) electrons. The molecule has 3 rings (SSSR count).